The number of carbonyl (C=O) groups is 2. The van der Waals surface area contributed by atoms with Gasteiger partial charge in [0.25, 0.3) is 0 Å². The fourth-order valence-corrected chi connectivity index (χ4v) is 11.7. The molecule has 0 unspecified atom stereocenters. The number of carboxylic acids is 2. The summed E-state index contributed by atoms with van der Waals surface area (Å²) in [6.07, 6.45) is 1.99. The van der Waals surface area contributed by atoms with Gasteiger partial charge in [0, 0.05) is 73.8 Å². The van der Waals surface area contributed by atoms with E-state index < -0.39 is 11.9 Å². The monoisotopic (exact) mass is 1080 g/mol. The van der Waals surface area contributed by atoms with Gasteiger partial charge in [-0.1, -0.05) is 84.6 Å². The van der Waals surface area contributed by atoms with E-state index in [1.54, 1.807) is 13.8 Å². The zero-order valence-corrected chi connectivity index (χ0v) is 44.7. The molecule has 0 amide bonds. The quantitative estimate of drug-likeness (QED) is 0.0698. The molecule has 0 saturated carbocycles. The van der Waals surface area contributed by atoms with E-state index in [1.807, 2.05) is 71.2 Å². The molecule has 13 heteroatoms. The Kier molecular flexibility index (Phi) is 20.5. The smallest absolute Gasteiger partial charge is 0.550 e. The molecule has 0 bridgehead atoms. The fraction of sp³-hybridized carbons (Fsp3) is 0.296. The number of carbonyl (C=O) groups excluding carboxylic acids is 2. The first-order chi connectivity index (χ1) is 32.0. The number of nitrogens with zero attached hydrogens (tertiary/aromatic N) is 2. The van der Waals surface area contributed by atoms with Gasteiger partial charge >= 0.3 is 37.7 Å². The van der Waals surface area contributed by atoms with Crippen LogP contribution in [0, 0.1) is 23.7 Å². The number of carboxylic acid groups (broad SMARTS) is 2. The van der Waals surface area contributed by atoms with E-state index in [1.165, 1.54) is 39.6 Å². The molecular formula is C54H50Br2CaN2O6S2. The molecule has 8 rings (SSSR count). The second-order valence-electron chi connectivity index (χ2n) is 16.3. The Hall–Kier alpha value is -3.92. The van der Waals surface area contributed by atoms with Crippen LogP contribution >= 0.6 is 54.5 Å². The first kappa shape index (κ1) is 52.5. The van der Waals surface area contributed by atoms with Crippen LogP contribution < -0.4 is 19.7 Å². The Bertz CT molecular complexity index is 2550. The van der Waals surface area contributed by atoms with Gasteiger partial charge in [0.2, 0.25) is 0 Å². The van der Waals surface area contributed by atoms with Gasteiger partial charge in [-0.15, -0.1) is 34.5 Å². The number of hydrogen-bond acceptors (Lipinski definition) is 10. The predicted octanol–water partition coefficient (Wildman–Crippen LogP) is 9.41. The predicted molar refractivity (Wildman–Crippen MR) is 271 cm³/mol. The molecule has 4 aromatic carbocycles. The molecule has 0 aliphatic carbocycles. The summed E-state index contributed by atoms with van der Waals surface area (Å²) >= 11 is 10.9. The normalized spacial score (nSPS) is 13.9. The summed E-state index contributed by atoms with van der Waals surface area (Å²) in [6.45, 7) is 10.4. The minimum absolute atomic E-state index is 0. The maximum absolute atomic E-state index is 11.0. The van der Waals surface area contributed by atoms with Crippen LogP contribution in [-0.2, 0) is 61.8 Å². The van der Waals surface area contributed by atoms with Gasteiger partial charge < -0.3 is 29.3 Å². The van der Waals surface area contributed by atoms with E-state index in [-0.39, 0.29) is 62.4 Å². The van der Waals surface area contributed by atoms with Crippen LogP contribution in [0.25, 0.3) is 0 Å². The maximum atomic E-state index is 11.0. The van der Waals surface area contributed by atoms with Crippen molar-refractivity contribution in [3.05, 3.63) is 171 Å². The number of halogens is 2. The van der Waals surface area contributed by atoms with E-state index in [4.69, 9.17) is 9.47 Å². The Balaban J connectivity index is 0.000000218. The summed E-state index contributed by atoms with van der Waals surface area (Å²) in [5, 5.41) is 22.0. The molecule has 4 heterocycles. The molecule has 340 valence electrons. The van der Waals surface area contributed by atoms with Crippen molar-refractivity contribution < 1.29 is 29.3 Å². The molecular weight excluding hydrogens is 1040 g/mol. The first-order valence-corrected chi connectivity index (χ1v) is 25.1. The van der Waals surface area contributed by atoms with E-state index >= 15 is 0 Å². The standard InChI is InChI=1S/2C27H26BrNO3S.Ca/c2*1-2-4-22(15-27(30)31)21-7-9-24(10-8-21)32-18-20-6-3-5-19(13-20)16-29-12-11-25-23(17-29)14-26(28)33-25;/h2*3,5-10,13-14,22H,11-12,15-18H2,1H3,(H,30,31);/q;;+2/p-2/t2*22-;/m00./s1. The van der Waals surface area contributed by atoms with E-state index in [2.05, 4.69) is 126 Å². The second kappa shape index (κ2) is 26.2. The zero-order chi connectivity index (χ0) is 46.4. The third kappa shape index (κ3) is 16.1. The molecule has 0 radical (unpaired) electrons. The number of fused-ring (bicyclic) bond motifs is 2. The summed E-state index contributed by atoms with van der Waals surface area (Å²) in [5.41, 5.74) is 9.40. The van der Waals surface area contributed by atoms with Gasteiger partial charge in [0.15, 0.2) is 0 Å². The molecule has 2 atom stereocenters. The van der Waals surface area contributed by atoms with Crippen LogP contribution in [0.5, 0.6) is 11.5 Å². The summed E-state index contributed by atoms with van der Waals surface area (Å²) in [4.78, 5) is 29.9. The molecule has 0 saturated heterocycles. The number of rotatable bonds is 16. The van der Waals surface area contributed by atoms with Crippen molar-refractivity contribution >= 4 is 104 Å². The van der Waals surface area contributed by atoms with Crippen LogP contribution in [-0.4, -0.2) is 72.6 Å². The average molecular weight is 1090 g/mol. The van der Waals surface area contributed by atoms with Crippen LogP contribution in [0.15, 0.2) is 117 Å². The molecule has 0 spiro atoms. The Labute approximate surface area is 449 Å². The number of hydrogen-bond donors (Lipinski definition) is 0. The molecule has 0 N–H and O–H groups in total. The Morgan fingerprint density at radius 1 is 0.612 bits per heavy atom. The summed E-state index contributed by atoms with van der Waals surface area (Å²) in [5.74, 6) is 10.0. The van der Waals surface area contributed by atoms with Gasteiger partial charge in [-0.05, 0) is 139 Å². The molecule has 8 nitrogen and oxygen atoms in total. The van der Waals surface area contributed by atoms with Gasteiger partial charge in [0.1, 0.15) is 24.7 Å². The van der Waals surface area contributed by atoms with Crippen LogP contribution in [0.4, 0.5) is 0 Å². The molecule has 2 aromatic heterocycles. The van der Waals surface area contributed by atoms with Crippen LogP contribution in [0.2, 0.25) is 0 Å². The van der Waals surface area contributed by atoms with Crippen molar-refractivity contribution in [2.75, 3.05) is 13.1 Å². The van der Waals surface area contributed by atoms with Gasteiger partial charge in [-0.3, -0.25) is 9.80 Å². The number of benzene rings is 4. The number of ether oxygens (including phenoxy) is 2. The largest absolute Gasteiger partial charge is 2.00 e. The zero-order valence-electron chi connectivity index (χ0n) is 37.7. The van der Waals surface area contributed by atoms with Crippen LogP contribution in [0.1, 0.15) is 92.8 Å². The summed E-state index contributed by atoms with van der Waals surface area (Å²) in [6, 6.07) is 36.5. The molecule has 6 aromatic rings. The molecule has 2 aliphatic heterocycles. The Morgan fingerprint density at radius 2 is 1.00 bits per heavy atom. The van der Waals surface area contributed by atoms with Crippen molar-refractivity contribution in [1.82, 2.24) is 9.80 Å². The van der Waals surface area contributed by atoms with Crippen LogP contribution in [0.3, 0.4) is 0 Å². The van der Waals surface area contributed by atoms with E-state index in [0.717, 1.165) is 85.9 Å². The second-order valence-corrected chi connectivity index (χ2v) is 21.4. The first-order valence-electron chi connectivity index (χ1n) is 21.8. The third-order valence-electron chi connectivity index (χ3n) is 11.4. The van der Waals surface area contributed by atoms with Crippen molar-refractivity contribution in [2.45, 2.75) is 90.8 Å². The summed E-state index contributed by atoms with van der Waals surface area (Å²) in [7, 11) is 0. The molecule has 67 heavy (non-hydrogen) atoms. The third-order valence-corrected chi connectivity index (χ3v) is 14.9. The molecule has 0 fully saturated rings. The van der Waals surface area contributed by atoms with E-state index in [0.29, 0.717) is 13.2 Å². The fourth-order valence-electron chi connectivity index (χ4n) is 8.24. The van der Waals surface area contributed by atoms with E-state index in [9.17, 15) is 19.8 Å². The number of thiophene rings is 2. The number of aliphatic carboxylic acids is 2. The maximum Gasteiger partial charge on any atom is 2.00 e. The minimum Gasteiger partial charge on any atom is -0.550 e. The van der Waals surface area contributed by atoms with Gasteiger partial charge in [-0.25, -0.2) is 0 Å². The SMILES string of the molecule is CC#C[C@@H](CC(=O)[O-])c1ccc(OCc2cccc(CN3CCc4sc(Br)cc4C3)c2)cc1.CC#C[C@@H](CC(=O)[O-])c1ccc(OCc2cccc(CN3CCc4sc(Br)cc4C3)c2)cc1.[Ca+2]. The van der Waals surface area contributed by atoms with Crippen molar-refractivity contribution in [3.8, 4) is 35.2 Å². The van der Waals surface area contributed by atoms with Gasteiger partial charge in [-0.2, -0.15) is 0 Å². The topological polar surface area (TPSA) is 105 Å². The van der Waals surface area contributed by atoms with Crippen molar-refractivity contribution in [2.24, 2.45) is 0 Å². The summed E-state index contributed by atoms with van der Waals surface area (Å²) < 4.78 is 14.4. The minimum atomic E-state index is -1.10. The average Bonchev–Trinajstić information content (AvgIpc) is 3.87. The Morgan fingerprint density at radius 3 is 1.37 bits per heavy atom. The van der Waals surface area contributed by atoms with Gasteiger partial charge in [0.05, 0.1) is 19.4 Å². The van der Waals surface area contributed by atoms with Crippen molar-refractivity contribution in [3.63, 3.8) is 0 Å². The molecule has 2 aliphatic rings. The van der Waals surface area contributed by atoms with Crippen molar-refractivity contribution in [1.29, 1.82) is 0 Å².